The van der Waals surface area contributed by atoms with Gasteiger partial charge in [0.15, 0.2) is 10.5 Å². The second-order valence-corrected chi connectivity index (χ2v) is 7.93. The number of nitrogens with one attached hydrogen (secondary N) is 1. The van der Waals surface area contributed by atoms with Crippen LogP contribution in [0.25, 0.3) is 11.0 Å². The van der Waals surface area contributed by atoms with E-state index in [9.17, 15) is 14.7 Å². The fourth-order valence-corrected chi connectivity index (χ4v) is 3.82. The summed E-state index contributed by atoms with van der Waals surface area (Å²) in [6, 6.07) is 12.2. The van der Waals surface area contributed by atoms with E-state index in [4.69, 9.17) is 4.42 Å². The summed E-state index contributed by atoms with van der Waals surface area (Å²) >= 11 is 1.49. The first-order valence-corrected chi connectivity index (χ1v) is 10.1. The minimum absolute atomic E-state index is 0.0504. The van der Waals surface area contributed by atoms with Crippen molar-refractivity contribution in [3.05, 3.63) is 74.9 Å². The molecule has 0 amide bonds. The van der Waals surface area contributed by atoms with Gasteiger partial charge in [0.2, 0.25) is 0 Å². The SMILES string of the molecule is CCSc1cc(=O)c2cc(C)cc(C(C)NCc3ccccc3C(=O)O)c2o1. The zero-order chi connectivity index (χ0) is 20.3. The van der Waals surface area contributed by atoms with E-state index in [1.165, 1.54) is 11.8 Å². The lowest BCUT2D eigenvalue weighted by Crippen LogP contribution is -2.20. The van der Waals surface area contributed by atoms with Crippen molar-refractivity contribution in [2.45, 2.75) is 38.5 Å². The van der Waals surface area contributed by atoms with Crippen LogP contribution in [0.3, 0.4) is 0 Å². The van der Waals surface area contributed by atoms with Gasteiger partial charge < -0.3 is 14.8 Å². The van der Waals surface area contributed by atoms with Crippen LogP contribution in [-0.2, 0) is 6.54 Å². The molecule has 0 aliphatic rings. The molecule has 146 valence electrons. The summed E-state index contributed by atoms with van der Waals surface area (Å²) in [7, 11) is 0. The number of carbonyl (C=O) groups is 1. The van der Waals surface area contributed by atoms with E-state index in [1.54, 1.807) is 24.3 Å². The van der Waals surface area contributed by atoms with Crippen LogP contribution in [0.15, 0.2) is 56.8 Å². The third kappa shape index (κ3) is 4.29. The molecule has 5 nitrogen and oxygen atoms in total. The van der Waals surface area contributed by atoms with Crippen molar-refractivity contribution in [1.82, 2.24) is 5.32 Å². The van der Waals surface area contributed by atoms with E-state index in [-0.39, 0.29) is 17.0 Å². The molecule has 0 bridgehead atoms. The molecule has 6 heteroatoms. The van der Waals surface area contributed by atoms with Gasteiger partial charge in [0.1, 0.15) is 5.58 Å². The van der Waals surface area contributed by atoms with Crippen molar-refractivity contribution in [2.75, 3.05) is 5.75 Å². The maximum absolute atomic E-state index is 12.5. The average Bonchev–Trinajstić information content (AvgIpc) is 2.66. The summed E-state index contributed by atoms with van der Waals surface area (Å²) in [6.45, 7) is 6.34. The van der Waals surface area contributed by atoms with Crippen LogP contribution in [0.4, 0.5) is 0 Å². The predicted octanol–water partition coefficient (Wildman–Crippen LogP) is 4.76. The molecular formula is C22H23NO4S. The Bertz CT molecular complexity index is 1070. The monoisotopic (exact) mass is 397 g/mol. The van der Waals surface area contributed by atoms with E-state index in [2.05, 4.69) is 5.32 Å². The zero-order valence-corrected chi connectivity index (χ0v) is 16.9. The number of carboxylic acid groups (broad SMARTS) is 1. The van der Waals surface area contributed by atoms with Gasteiger partial charge in [-0.25, -0.2) is 4.79 Å². The lowest BCUT2D eigenvalue weighted by atomic mass is 10.0. The number of hydrogen-bond donors (Lipinski definition) is 2. The molecule has 0 saturated carbocycles. The normalized spacial score (nSPS) is 12.2. The third-order valence-corrected chi connectivity index (χ3v) is 5.35. The number of carboxylic acids is 1. The van der Waals surface area contributed by atoms with Crippen LogP contribution in [0.1, 0.15) is 46.9 Å². The lowest BCUT2D eigenvalue weighted by Gasteiger charge is -2.17. The Hall–Kier alpha value is -2.57. The van der Waals surface area contributed by atoms with Gasteiger partial charge in [-0.15, -0.1) is 0 Å². The average molecular weight is 397 g/mol. The van der Waals surface area contributed by atoms with E-state index in [0.717, 1.165) is 16.9 Å². The Kier molecular flexibility index (Phi) is 6.21. The molecule has 28 heavy (non-hydrogen) atoms. The predicted molar refractivity (Wildman–Crippen MR) is 112 cm³/mol. The minimum atomic E-state index is -0.946. The smallest absolute Gasteiger partial charge is 0.336 e. The van der Waals surface area contributed by atoms with Crippen LogP contribution >= 0.6 is 11.8 Å². The highest BCUT2D eigenvalue weighted by atomic mass is 32.2. The van der Waals surface area contributed by atoms with Gasteiger partial charge in [0, 0.05) is 24.2 Å². The van der Waals surface area contributed by atoms with Crippen molar-refractivity contribution in [3.63, 3.8) is 0 Å². The Morgan fingerprint density at radius 1 is 1.25 bits per heavy atom. The molecule has 0 saturated heterocycles. The fourth-order valence-electron chi connectivity index (χ4n) is 3.20. The first kappa shape index (κ1) is 20.2. The molecular weight excluding hydrogens is 374 g/mol. The van der Waals surface area contributed by atoms with E-state index in [0.29, 0.717) is 28.2 Å². The second-order valence-electron chi connectivity index (χ2n) is 6.66. The molecule has 1 heterocycles. The summed E-state index contributed by atoms with van der Waals surface area (Å²) in [4.78, 5) is 24.0. The Morgan fingerprint density at radius 3 is 2.71 bits per heavy atom. The number of aromatic carboxylic acids is 1. The highest BCUT2D eigenvalue weighted by molar-refractivity contribution is 7.99. The summed E-state index contributed by atoms with van der Waals surface area (Å²) in [5.74, 6) is -0.131. The molecule has 0 aliphatic heterocycles. The third-order valence-electron chi connectivity index (χ3n) is 4.58. The molecule has 1 unspecified atom stereocenters. The lowest BCUT2D eigenvalue weighted by molar-refractivity contribution is 0.0695. The molecule has 2 aromatic carbocycles. The van der Waals surface area contributed by atoms with Gasteiger partial charge in [0.05, 0.1) is 10.9 Å². The highest BCUT2D eigenvalue weighted by Crippen LogP contribution is 2.28. The van der Waals surface area contributed by atoms with Crippen molar-refractivity contribution in [2.24, 2.45) is 0 Å². The van der Waals surface area contributed by atoms with Gasteiger partial charge >= 0.3 is 5.97 Å². The maximum Gasteiger partial charge on any atom is 0.336 e. The summed E-state index contributed by atoms with van der Waals surface area (Å²) in [6.07, 6.45) is 0. The van der Waals surface area contributed by atoms with Crippen LogP contribution in [0.5, 0.6) is 0 Å². The van der Waals surface area contributed by atoms with Crippen LogP contribution < -0.4 is 10.7 Å². The second kappa shape index (κ2) is 8.63. The van der Waals surface area contributed by atoms with Crippen molar-refractivity contribution in [1.29, 1.82) is 0 Å². The Labute approximate surface area is 167 Å². The molecule has 3 aromatic rings. The number of rotatable bonds is 7. The Balaban J connectivity index is 1.96. The summed E-state index contributed by atoms with van der Waals surface area (Å²) in [5.41, 5.74) is 3.39. The molecule has 2 N–H and O–H groups in total. The van der Waals surface area contributed by atoms with Crippen LogP contribution in [0, 0.1) is 6.92 Å². The van der Waals surface area contributed by atoms with E-state index < -0.39 is 5.97 Å². The largest absolute Gasteiger partial charge is 0.478 e. The molecule has 0 spiro atoms. The topological polar surface area (TPSA) is 79.5 Å². The number of thioether (sulfide) groups is 1. The summed E-state index contributed by atoms with van der Waals surface area (Å²) in [5, 5.41) is 13.9. The molecule has 0 fully saturated rings. The van der Waals surface area contributed by atoms with Gasteiger partial charge in [-0.05, 0) is 42.9 Å². The molecule has 1 atom stereocenters. The van der Waals surface area contributed by atoms with Crippen molar-refractivity contribution in [3.8, 4) is 0 Å². The number of aryl methyl sites for hydroxylation is 1. The Morgan fingerprint density at radius 2 is 2.00 bits per heavy atom. The van der Waals surface area contributed by atoms with Gasteiger partial charge in [-0.1, -0.05) is 43.0 Å². The molecule has 0 radical (unpaired) electrons. The maximum atomic E-state index is 12.5. The number of hydrogen-bond acceptors (Lipinski definition) is 5. The number of fused-ring (bicyclic) bond motifs is 1. The number of benzene rings is 2. The van der Waals surface area contributed by atoms with Gasteiger partial charge in [-0.3, -0.25) is 4.79 Å². The van der Waals surface area contributed by atoms with Crippen LogP contribution in [0.2, 0.25) is 0 Å². The van der Waals surface area contributed by atoms with E-state index in [1.807, 2.05) is 39.0 Å². The van der Waals surface area contributed by atoms with Gasteiger partial charge in [0.25, 0.3) is 0 Å². The zero-order valence-electron chi connectivity index (χ0n) is 16.1. The quantitative estimate of drug-likeness (QED) is 0.560. The van der Waals surface area contributed by atoms with Crippen molar-refractivity contribution < 1.29 is 14.3 Å². The van der Waals surface area contributed by atoms with Gasteiger partial charge in [-0.2, -0.15) is 0 Å². The first-order chi connectivity index (χ1) is 13.4. The minimum Gasteiger partial charge on any atom is -0.478 e. The van der Waals surface area contributed by atoms with Crippen LogP contribution in [-0.4, -0.2) is 16.8 Å². The molecule has 0 aliphatic carbocycles. The fraction of sp³-hybridized carbons (Fsp3) is 0.273. The van der Waals surface area contributed by atoms with E-state index >= 15 is 0 Å². The summed E-state index contributed by atoms with van der Waals surface area (Å²) < 4.78 is 6.03. The standard InChI is InChI=1S/C22H23NO4S/c1-4-28-20-11-19(24)18-10-13(2)9-17(21(18)27-20)14(3)23-12-15-7-5-6-8-16(15)22(25)26/h5-11,14,23H,4,12H2,1-3H3,(H,25,26). The highest BCUT2D eigenvalue weighted by Gasteiger charge is 2.16. The molecule has 3 rings (SSSR count). The first-order valence-electron chi connectivity index (χ1n) is 9.16. The van der Waals surface area contributed by atoms with Crippen molar-refractivity contribution >= 4 is 28.7 Å². The molecule has 1 aromatic heterocycles.